The summed E-state index contributed by atoms with van der Waals surface area (Å²) in [5, 5.41) is 9.13. The largest absolute Gasteiger partial charge is 0.496 e. The lowest BCUT2D eigenvalue weighted by Gasteiger charge is -2.29. The number of para-hydroxylation sites is 5. The van der Waals surface area contributed by atoms with E-state index in [2.05, 4.69) is 234 Å². The van der Waals surface area contributed by atoms with Crippen LogP contribution < -0.4 is 14.5 Å². The number of fused-ring (bicyclic) bond motifs is 8. The molecule has 4 nitrogen and oxygen atoms in total. The van der Waals surface area contributed by atoms with E-state index in [0.717, 1.165) is 106 Å². The van der Waals surface area contributed by atoms with Crippen molar-refractivity contribution >= 4 is 88.4 Å². The molecular formula is C61H42N2O2. The molecule has 0 atom stereocenters. The Morgan fingerprint density at radius 1 is 0.323 bits per heavy atom. The van der Waals surface area contributed by atoms with Crippen LogP contribution in [0.3, 0.4) is 0 Å². The molecule has 0 radical (unpaired) electrons. The molecule has 0 saturated heterocycles. The predicted octanol–water partition coefficient (Wildman–Crippen LogP) is 17.3. The highest BCUT2D eigenvalue weighted by atomic mass is 16.5. The Morgan fingerprint density at radius 2 is 0.877 bits per heavy atom. The molecule has 11 aromatic carbocycles. The molecule has 0 aliphatic heterocycles. The fourth-order valence-corrected chi connectivity index (χ4v) is 9.81. The SMILES string of the molecule is COc1cc(N(c2ccccc2)c2ccccc2-c2ccccc2)ccc1-c1cc2c3ccccc3c(N(c3ccccc3)c3cccc4c3oc3ccccc34)cc2c2ccccc12. The fourth-order valence-electron chi connectivity index (χ4n) is 9.81. The van der Waals surface area contributed by atoms with Gasteiger partial charge in [-0.05, 0) is 105 Å². The third-order valence-electron chi connectivity index (χ3n) is 12.7. The lowest BCUT2D eigenvalue weighted by atomic mass is 9.89. The molecule has 0 spiro atoms. The second-order valence-electron chi connectivity index (χ2n) is 16.4. The van der Waals surface area contributed by atoms with Crippen LogP contribution in [0, 0.1) is 0 Å². The lowest BCUT2D eigenvalue weighted by Crippen LogP contribution is -2.11. The van der Waals surface area contributed by atoms with Gasteiger partial charge >= 0.3 is 0 Å². The van der Waals surface area contributed by atoms with E-state index in [1.165, 1.54) is 10.8 Å². The molecular weight excluding hydrogens is 793 g/mol. The van der Waals surface area contributed by atoms with Crippen molar-refractivity contribution in [2.45, 2.75) is 0 Å². The van der Waals surface area contributed by atoms with Crippen molar-refractivity contribution in [3.8, 4) is 28.0 Å². The maximum atomic E-state index is 6.71. The van der Waals surface area contributed by atoms with Gasteiger partial charge in [0.2, 0.25) is 0 Å². The van der Waals surface area contributed by atoms with Crippen molar-refractivity contribution < 1.29 is 9.15 Å². The summed E-state index contributed by atoms with van der Waals surface area (Å²) in [7, 11) is 1.78. The summed E-state index contributed by atoms with van der Waals surface area (Å²) < 4.78 is 13.1. The molecule has 0 saturated carbocycles. The van der Waals surface area contributed by atoms with Gasteiger partial charge in [-0.15, -0.1) is 0 Å². The van der Waals surface area contributed by atoms with Crippen LogP contribution in [0.15, 0.2) is 241 Å². The normalized spacial score (nSPS) is 11.5. The zero-order valence-electron chi connectivity index (χ0n) is 35.7. The summed E-state index contributed by atoms with van der Waals surface area (Å²) in [5.41, 5.74) is 12.4. The van der Waals surface area contributed by atoms with Crippen molar-refractivity contribution in [3.63, 3.8) is 0 Å². The number of benzene rings is 11. The first-order chi connectivity index (χ1) is 32.2. The molecule has 0 amide bonds. The van der Waals surface area contributed by atoms with Gasteiger partial charge in [0.05, 0.1) is 24.2 Å². The Labute approximate surface area is 377 Å². The topological polar surface area (TPSA) is 28.9 Å². The first kappa shape index (κ1) is 38.1. The molecule has 12 rings (SSSR count). The van der Waals surface area contributed by atoms with Crippen LogP contribution in [0.1, 0.15) is 0 Å². The van der Waals surface area contributed by atoms with Gasteiger partial charge in [0.25, 0.3) is 0 Å². The van der Waals surface area contributed by atoms with Crippen LogP contribution in [0.2, 0.25) is 0 Å². The predicted molar refractivity (Wildman–Crippen MR) is 273 cm³/mol. The van der Waals surface area contributed by atoms with Gasteiger partial charge in [0, 0.05) is 50.4 Å². The van der Waals surface area contributed by atoms with Crippen LogP contribution in [-0.4, -0.2) is 7.11 Å². The lowest BCUT2D eigenvalue weighted by molar-refractivity contribution is 0.416. The van der Waals surface area contributed by atoms with Crippen molar-refractivity contribution in [2.24, 2.45) is 0 Å². The van der Waals surface area contributed by atoms with Crippen molar-refractivity contribution in [1.29, 1.82) is 0 Å². The average Bonchev–Trinajstić information content (AvgIpc) is 3.77. The molecule has 65 heavy (non-hydrogen) atoms. The molecule has 1 aromatic heterocycles. The zero-order chi connectivity index (χ0) is 43.3. The number of rotatable bonds is 9. The summed E-state index contributed by atoms with van der Waals surface area (Å²) >= 11 is 0. The van der Waals surface area contributed by atoms with E-state index < -0.39 is 0 Å². The van der Waals surface area contributed by atoms with E-state index in [-0.39, 0.29) is 0 Å². The Balaban J connectivity index is 1.07. The summed E-state index contributed by atoms with van der Waals surface area (Å²) in [5.74, 6) is 0.792. The second kappa shape index (κ2) is 15.9. The van der Waals surface area contributed by atoms with Gasteiger partial charge < -0.3 is 19.0 Å². The Morgan fingerprint density at radius 3 is 1.62 bits per heavy atom. The third kappa shape index (κ3) is 6.46. The summed E-state index contributed by atoms with van der Waals surface area (Å²) in [6, 6.07) is 84.1. The molecule has 0 aliphatic carbocycles. The molecule has 0 N–H and O–H groups in total. The molecule has 0 fully saturated rings. The van der Waals surface area contributed by atoms with E-state index in [1.54, 1.807) is 7.11 Å². The Hall–Kier alpha value is -8.60. The summed E-state index contributed by atoms with van der Waals surface area (Å²) in [4.78, 5) is 4.69. The third-order valence-corrected chi connectivity index (χ3v) is 12.7. The number of hydrogen-bond donors (Lipinski definition) is 0. The van der Waals surface area contributed by atoms with Crippen LogP contribution in [-0.2, 0) is 0 Å². The minimum absolute atomic E-state index is 0.792. The van der Waals surface area contributed by atoms with E-state index in [4.69, 9.17) is 9.15 Å². The second-order valence-corrected chi connectivity index (χ2v) is 16.4. The van der Waals surface area contributed by atoms with Gasteiger partial charge in [0.15, 0.2) is 5.58 Å². The van der Waals surface area contributed by atoms with Crippen LogP contribution in [0.5, 0.6) is 5.75 Å². The van der Waals surface area contributed by atoms with E-state index in [0.29, 0.717) is 0 Å². The number of anilines is 6. The maximum absolute atomic E-state index is 6.71. The van der Waals surface area contributed by atoms with Crippen LogP contribution in [0.4, 0.5) is 34.1 Å². The minimum Gasteiger partial charge on any atom is -0.496 e. The van der Waals surface area contributed by atoms with Gasteiger partial charge in [-0.2, -0.15) is 0 Å². The first-order valence-electron chi connectivity index (χ1n) is 22.0. The highest BCUT2D eigenvalue weighted by Crippen LogP contribution is 2.50. The van der Waals surface area contributed by atoms with Crippen molar-refractivity contribution in [1.82, 2.24) is 0 Å². The first-order valence-corrected chi connectivity index (χ1v) is 22.0. The van der Waals surface area contributed by atoms with Gasteiger partial charge in [0.1, 0.15) is 11.3 Å². The smallest absolute Gasteiger partial charge is 0.159 e. The van der Waals surface area contributed by atoms with Crippen molar-refractivity contribution in [2.75, 3.05) is 16.9 Å². The average molecular weight is 835 g/mol. The number of hydrogen-bond acceptors (Lipinski definition) is 4. The molecule has 0 unspecified atom stereocenters. The fraction of sp³-hybridized carbons (Fsp3) is 0.0164. The zero-order valence-corrected chi connectivity index (χ0v) is 35.7. The number of methoxy groups -OCH3 is 1. The molecule has 12 aromatic rings. The van der Waals surface area contributed by atoms with Crippen LogP contribution in [0.25, 0.3) is 76.5 Å². The minimum atomic E-state index is 0.792. The summed E-state index contributed by atoms with van der Waals surface area (Å²) in [6.07, 6.45) is 0. The van der Waals surface area contributed by atoms with E-state index >= 15 is 0 Å². The number of ether oxygens (including phenoxy) is 1. The van der Waals surface area contributed by atoms with Gasteiger partial charge in [-0.3, -0.25) is 0 Å². The molecule has 4 heteroatoms. The number of furan rings is 1. The van der Waals surface area contributed by atoms with Gasteiger partial charge in [-0.25, -0.2) is 0 Å². The summed E-state index contributed by atoms with van der Waals surface area (Å²) in [6.45, 7) is 0. The van der Waals surface area contributed by atoms with E-state index in [1.807, 2.05) is 12.1 Å². The maximum Gasteiger partial charge on any atom is 0.159 e. The number of nitrogens with zero attached hydrogens (tertiary/aromatic N) is 2. The highest BCUT2D eigenvalue weighted by molar-refractivity contribution is 6.25. The monoisotopic (exact) mass is 834 g/mol. The highest BCUT2D eigenvalue weighted by Gasteiger charge is 2.24. The molecule has 1 heterocycles. The van der Waals surface area contributed by atoms with Crippen LogP contribution >= 0.6 is 0 Å². The molecule has 308 valence electrons. The quantitative estimate of drug-likeness (QED) is 0.135. The molecule has 0 aliphatic rings. The van der Waals surface area contributed by atoms with Crippen molar-refractivity contribution in [3.05, 3.63) is 237 Å². The Bertz CT molecular complexity index is 3710. The molecule has 0 bridgehead atoms. The van der Waals surface area contributed by atoms with E-state index in [9.17, 15) is 0 Å². The standard InChI is InChI=1S/C61H42N2O2/c1-64-60-38-44(62(42-22-7-3-8-23-42)56-33-17-15-26-45(56)41-20-5-2-6-21-41)36-37-51(60)53-39-54-48-29-13-14-30-49(48)58(40-55(54)47-28-12-11-27-46(47)53)63(43-24-9-4-10-25-43)57-34-19-32-52-50-31-16-18-35-59(50)65-61(52)57/h2-40H,1H3. The Kier molecular flexibility index (Phi) is 9.35. The van der Waals surface area contributed by atoms with Gasteiger partial charge in [-0.1, -0.05) is 164 Å².